The van der Waals surface area contributed by atoms with Crippen molar-refractivity contribution >= 4 is 28.2 Å². The van der Waals surface area contributed by atoms with Crippen molar-refractivity contribution in [3.05, 3.63) is 35.5 Å². The average molecular weight is 212 g/mol. The van der Waals surface area contributed by atoms with Gasteiger partial charge in [-0.05, 0) is 18.6 Å². The first kappa shape index (κ1) is 9.21. The number of hydrogen-bond donors (Lipinski definition) is 1. The van der Waals surface area contributed by atoms with Gasteiger partial charge in [0.25, 0.3) is 0 Å². The molecule has 0 unspecified atom stereocenters. The van der Waals surface area contributed by atoms with Crippen molar-refractivity contribution in [1.82, 2.24) is 9.55 Å². The maximum absolute atomic E-state index is 10.7. The number of carbonyl (C=O) groups is 1. The van der Waals surface area contributed by atoms with E-state index in [1.807, 2.05) is 19.2 Å². The van der Waals surface area contributed by atoms with Crippen LogP contribution in [0.4, 0.5) is 0 Å². The van der Waals surface area contributed by atoms with Crippen molar-refractivity contribution in [3.63, 3.8) is 0 Å². The Kier molecular flexibility index (Phi) is 1.72. The molecule has 0 spiro atoms. The lowest BCUT2D eigenvalue weighted by molar-refractivity contribution is 0.111. The molecule has 0 aliphatic rings. The summed E-state index contributed by atoms with van der Waals surface area (Å²) in [4.78, 5) is 13.9. The summed E-state index contributed by atoms with van der Waals surface area (Å²) in [6.45, 7) is 2.10. The molecule has 0 amide bonds. The van der Waals surface area contributed by atoms with Crippen LogP contribution >= 0.6 is 0 Å². The molecule has 1 aromatic carbocycles. The molecule has 0 aliphatic carbocycles. The minimum Gasteiger partial charge on any atom is -0.338 e. The SMILES string of the molecule is Cc1cccc2c3cc(C=O)[nH]c3n(C)c12. The Morgan fingerprint density at radius 3 is 2.88 bits per heavy atom. The summed E-state index contributed by atoms with van der Waals surface area (Å²) < 4.78 is 2.10. The topological polar surface area (TPSA) is 37.8 Å². The van der Waals surface area contributed by atoms with Crippen molar-refractivity contribution in [3.8, 4) is 0 Å². The Hall–Kier alpha value is -2.03. The van der Waals surface area contributed by atoms with Crippen molar-refractivity contribution in [2.24, 2.45) is 7.05 Å². The molecule has 0 aliphatic heterocycles. The highest BCUT2D eigenvalue weighted by Crippen LogP contribution is 2.29. The number of hydrogen-bond acceptors (Lipinski definition) is 1. The molecular formula is C13H12N2O. The van der Waals surface area contributed by atoms with E-state index in [1.54, 1.807) is 0 Å². The van der Waals surface area contributed by atoms with Gasteiger partial charge in [-0.2, -0.15) is 0 Å². The average Bonchev–Trinajstić information content (AvgIpc) is 2.80. The quantitative estimate of drug-likeness (QED) is 0.619. The standard InChI is InChI=1S/C13H12N2O/c1-8-4-3-5-10-11-6-9(7-16)14-13(11)15(2)12(8)10/h3-7,14H,1-2H3. The first-order valence-corrected chi connectivity index (χ1v) is 5.24. The molecule has 80 valence electrons. The number of carbonyl (C=O) groups excluding carboxylic acids is 1. The van der Waals surface area contributed by atoms with E-state index in [4.69, 9.17) is 0 Å². The Balaban J connectivity index is 2.58. The Morgan fingerprint density at radius 1 is 1.31 bits per heavy atom. The first-order valence-electron chi connectivity index (χ1n) is 5.24. The first-order chi connectivity index (χ1) is 7.72. The van der Waals surface area contributed by atoms with Gasteiger partial charge in [0.1, 0.15) is 5.65 Å². The van der Waals surface area contributed by atoms with E-state index < -0.39 is 0 Å². The van der Waals surface area contributed by atoms with Gasteiger partial charge in [0.05, 0.1) is 11.2 Å². The van der Waals surface area contributed by atoms with E-state index in [0.29, 0.717) is 5.69 Å². The fourth-order valence-electron chi connectivity index (χ4n) is 2.43. The monoisotopic (exact) mass is 212 g/mol. The number of aryl methyl sites for hydroxylation is 2. The highest BCUT2D eigenvalue weighted by atomic mass is 16.1. The van der Waals surface area contributed by atoms with Crippen LogP contribution in [-0.4, -0.2) is 15.8 Å². The summed E-state index contributed by atoms with van der Waals surface area (Å²) in [7, 11) is 2.02. The zero-order chi connectivity index (χ0) is 11.3. The molecule has 3 rings (SSSR count). The van der Waals surface area contributed by atoms with Gasteiger partial charge >= 0.3 is 0 Å². The lowest BCUT2D eigenvalue weighted by atomic mass is 10.1. The number of aromatic amines is 1. The van der Waals surface area contributed by atoms with E-state index in [0.717, 1.165) is 17.3 Å². The summed E-state index contributed by atoms with van der Waals surface area (Å²) in [5, 5.41) is 2.31. The van der Waals surface area contributed by atoms with Crippen LogP contribution in [0.25, 0.3) is 21.9 Å². The molecule has 0 saturated carbocycles. The third-order valence-electron chi connectivity index (χ3n) is 3.14. The second kappa shape index (κ2) is 2.98. The third-order valence-corrected chi connectivity index (χ3v) is 3.14. The summed E-state index contributed by atoms with van der Waals surface area (Å²) in [5.74, 6) is 0. The second-order valence-electron chi connectivity index (χ2n) is 4.13. The van der Waals surface area contributed by atoms with Crippen molar-refractivity contribution < 1.29 is 4.79 Å². The van der Waals surface area contributed by atoms with Crippen LogP contribution < -0.4 is 0 Å². The predicted molar refractivity (Wildman–Crippen MR) is 64.9 cm³/mol. The fourth-order valence-corrected chi connectivity index (χ4v) is 2.43. The molecule has 0 bridgehead atoms. The van der Waals surface area contributed by atoms with Gasteiger partial charge in [0, 0.05) is 17.8 Å². The lowest BCUT2D eigenvalue weighted by Gasteiger charge is -2.00. The van der Waals surface area contributed by atoms with Gasteiger partial charge in [-0.25, -0.2) is 0 Å². The molecule has 2 heterocycles. The lowest BCUT2D eigenvalue weighted by Crippen LogP contribution is -1.90. The van der Waals surface area contributed by atoms with Gasteiger partial charge in [0.2, 0.25) is 0 Å². The molecule has 3 aromatic rings. The van der Waals surface area contributed by atoms with Crippen LogP contribution in [0.3, 0.4) is 0 Å². The number of aromatic nitrogens is 2. The number of rotatable bonds is 1. The zero-order valence-corrected chi connectivity index (χ0v) is 9.24. The molecular weight excluding hydrogens is 200 g/mol. The van der Waals surface area contributed by atoms with Crippen LogP contribution in [0.5, 0.6) is 0 Å². The molecule has 0 fully saturated rings. The fraction of sp³-hybridized carbons (Fsp3) is 0.154. The summed E-state index contributed by atoms with van der Waals surface area (Å²) >= 11 is 0. The summed E-state index contributed by atoms with van der Waals surface area (Å²) in [5.41, 5.74) is 4.11. The summed E-state index contributed by atoms with van der Waals surface area (Å²) in [6, 6.07) is 8.14. The highest BCUT2D eigenvalue weighted by Gasteiger charge is 2.12. The van der Waals surface area contributed by atoms with Crippen LogP contribution in [0.1, 0.15) is 16.1 Å². The zero-order valence-electron chi connectivity index (χ0n) is 9.24. The van der Waals surface area contributed by atoms with E-state index in [-0.39, 0.29) is 0 Å². The minimum absolute atomic E-state index is 0.629. The number of fused-ring (bicyclic) bond motifs is 3. The van der Waals surface area contributed by atoms with Crippen molar-refractivity contribution in [2.75, 3.05) is 0 Å². The number of H-pyrrole nitrogens is 1. The molecule has 2 aromatic heterocycles. The van der Waals surface area contributed by atoms with Gasteiger partial charge in [-0.1, -0.05) is 18.2 Å². The van der Waals surface area contributed by atoms with Gasteiger partial charge in [-0.3, -0.25) is 4.79 Å². The number of aldehydes is 1. The largest absolute Gasteiger partial charge is 0.338 e. The van der Waals surface area contributed by atoms with Crippen LogP contribution in [0.15, 0.2) is 24.3 Å². The Morgan fingerprint density at radius 2 is 2.12 bits per heavy atom. The third kappa shape index (κ3) is 0.999. The van der Waals surface area contributed by atoms with Crippen LogP contribution in [0, 0.1) is 6.92 Å². The summed E-state index contributed by atoms with van der Waals surface area (Å²) in [6.07, 6.45) is 0.849. The van der Waals surface area contributed by atoms with Gasteiger partial charge in [0.15, 0.2) is 6.29 Å². The van der Waals surface area contributed by atoms with Crippen LogP contribution in [-0.2, 0) is 7.05 Å². The molecule has 0 radical (unpaired) electrons. The smallest absolute Gasteiger partial charge is 0.166 e. The number of nitrogens with one attached hydrogen (secondary N) is 1. The normalized spacial score (nSPS) is 11.4. The molecule has 3 nitrogen and oxygen atoms in total. The van der Waals surface area contributed by atoms with E-state index in [2.05, 4.69) is 28.6 Å². The van der Waals surface area contributed by atoms with E-state index >= 15 is 0 Å². The van der Waals surface area contributed by atoms with Gasteiger partial charge < -0.3 is 9.55 Å². The van der Waals surface area contributed by atoms with Crippen molar-refractivity contribution in [2.45, 2.75) is 6.92 Å². The second-order valence-corrected chi connectivity index (χ2v) is 4.13. The van der Waals surface area contributed by atoms with Gasteiger partial charge in [-0.15, -0.1) is 0 Å². The maximum Gasteiger partial charge on any atom is 0.166 e. The van der Waals surface area contributed by atoms with E-state index in [9.17, 15) is 4.79 Å². The van der Waals surface area contributed by atoms with Crippen LogP contribution in [0.2, 0.25) is 0 Å². The molecule has 16 heavy (non-hydrogen) atoms. The molecule has 0 saturated heterocycles. The Bertz CT molecular complexity index is 703. The number of para-hydroxylation sites is 1. The van der Waals surface area contributed by atoms with E-state index in [1.165, 1.54) is 16.5 Å². The number of benzene rings is 1. The highest BCUT2D eigenvalue weighted by molar-refractivity contribution is 6.09. The maximum atomic E-state index is 10.7. The molecule has 1 N–H and O–H groups in total. The number of nitrogens with zero attached hydrogens (tertiary/aromatic N) is 1. The molecule has 3 heteroatoms. The molecule has 0 atom stereocenters. The predicted octanol–water partition coefficient (Wildman–Crippen LogP) is 2.78. The minimum atomic E-state index is 0.629. The Labute approximate surface area is 92.7 Å². The van der Waals surface area contributed by atoms with Crippen molar-refractivity contribution in [1.29, 1.82) is 0 Å².